The summed E-state index contributed by atoms with van der Waals surface area (Å²) in [6.07, 6.45) is 1.13. The standard InChI is InChI=1S/C11H12N2O.C2H6/c1-7(14)10-9-5-3-2-4-8(9)6-13-11(10)12;1-2/h2-7,14H,1H3,(H2,12,13);1-2H3. The number of benzene rings is 1. The maximum Gasteiger partial charge on any atom is 0.129 e. The summed E-state index contributed by atoms with van der Waals surface area (Å²) in [5.74, 6) is 0.402. The molecule has 2 aromatic rings. The molecule has 86 valence electrons. The largest absolute Gasteiger partial charge is 0.389 e. The van der Waals surface area contributed by atoms with Crippen molar-refractivity contribution in [2.24, 2.45) is 0 Å². The number of nitrogens with zero attached hydrogens (tertiary/aromatic N) is 1. The molecule has 0 aliphatic heterocycles. The van der Waals surface area contributed by atoms with E-state index in [1.54, 1.807) is 13.1 Å². The molecule has 2 rings (SSSR count). The molecule has 3 N–H and O–H groups in total. The summed E-state index contributed by atoms with van der Waals surface area (Å²) in [5, 5.41) is 11.5. The third-order valence-corrected chi connectivity index (χ3v) is 2.29. The average Bonchev–Trinajstić information content (AvgIpc) is 2.31. The number of hydrogen-bond acceptors (Lipinski definition) is 3. The van der Waals surface area contributed by atoms with E-state index in [1.165, 1.54) is 0 Å². The van der Waals surface area contributed by atoms with E-state index in [0.717, 1.165) is 10.8 Å². The van der Waals surface area contributed by atoms with Gasteiger partial charge in [-0.15, -0.1) is 0 Å². The van der Waals surface area contributed by atoms with Crippen LogP contribution in [0.3, 0.4) is 0 Å². The van der Waals surface area contributed by atoms with Crippen molar-refractivity contribution >= 4 is 16.6 Å². The minimum atomic E-state index is -0.589. The molecule has 0 saturated heterocycles. The van der Waals surface area contributed by atoms with E-state index in [-0.39, 0.29) is 0 Å². The second-order valence-electron chi connectivity index (χ2n) is 3.32. The number of rotatable bonds is 1. The lowest BCUT2D eigenvalue weighted by atomic mass is 10.0. The fourth-order valence-electron chi connectivity index (χ4n) is 1.64. The summed E-state index contributed by atoms with van der Waals surface area (Å²) in [6, 6.07) is 7.75. The molecule has 1 aromatic heterocycles. The van der Waals surface area contributed by atoms with Crippen LogP contribution in [0.1, 0.15) is 32.4 Å². The first-order valence-corrected chi connectivity index (χ1v) is 5.51. The van der Waals surface area contributed by atoms with Gasteiger partial charge in [-0.05, 0) is 12.3 Å². The molecule has 0 bridgehead atoms. The van der Waals surface area contributed by atoms with Crippen molar-refractivity contribution in [1.29, 1.82) is 0 Å². The van der Waals surface area contributed by atoms with E-state index < -0.39 is 6.10 Å². The Kier molecular flexibility index (Phi) is 4.26. The van der Waals surface area contributed by atoms with Crippen LogP contribution in [-0.2, 0) is 0 Å². The third kappa shape index (κ3) is 2.31. The van der Waals surface area contributed by atoms with E-state index in [2.05, 4.69) is 4.98 Å². The Morgan fingerprint density at radius 2 is 1.88 bits per heavy atom. The number of aliphatic hydroxyl groups is 1. The minimum absolute atomic E-state index is 0.402. The number of aromatic nitrogens is 1. The lowest BCUT2D eigenvalue weighted by Crippen LogP contribution is -2.01. The number of hydrogen-bond donors (Lipinski definition) is 2. The summed E-state index contributed by atoms with van der Waals surface area (Å²) in [5.41, 5.74) is 6.43. The molecule has 0 amide bonds. The molecule has 1 atom stereocenters. The van der Waals surface area contributed by atoms with Crippen LogP contribution in [0, 0.1) is 0 Å². The highest BCUT2D eigenvalue weighted by Gasteiger charge is 2.10. The van der Waals surface area contributed by atoms with Crippen molar-refractivity contribution < 1.29 is 5.11 Å². The van der Waals surface area contributed by atoms with Crippen molar-refractivity contribution in [2.75, 3.05) is 5.73 Å². The van der Waals surface area contributed by atoms with Gasteiger partial charge in [-0.2, -0.15) is 0 Å². The number of nitrogens with two attached hydrogens (primary N) is 1. The Bertz CT molecular complexity index is 466. The second kappa shape index (κ2) is 5.47. The van der Waals surface area contributed by atoms with Gasteiger partial charge in [0.1, 0.15) is 5.82 Å². The Morgan fingerprint density at radius 1 is 1.25 bits per heavy atom. The molecule has 3 nitrogen and oxygen atoms in total. The highest BCUT2D eigenvalue weighted by Crippen LogP contribution is 2.27. The summed E-state index contributed by atoms with van der Waals surface area (Å²) < 4.78 is 0. The molecule has 0 aliphatic carbocycles. The number of nitrogen functional groups attached to an aromatic ring is 1. The maximum atomic E-state index is 9.58. The first-order valence-electron chi connectivity index (χ1n) is 5.51. The van der Waals surface area contributed by atoms with Gasteiger partial charge in [-0.1, -0.05) is 38.1 Å². The van der Waals surface area contributed by atoms with Crippen LogP contribution < -0.4 is 5.73 Å². The zero-order chi connectivity index (χ0) is 12.1. The van der Waals surface area contributed by atoms with E-state index >= 15 is 0 Å². The van der Waals surface area contributed by atoms with Crippen LogP contribution in [-0.4, -0.2) is 10.1 Å². The van der Waals surface area contributed by atoms with Crippen molar-refractivity contribution in [2.45, 2.75) is 26.9 Å². The van der Waals surface area contributed by atoms with E-state index in [9.17, 15) is 5.11 Å². The van der Waals surface area contributed by atoms with Gasteiger partial charge >= 0.3 is 0 Å². The van der Waals surface area contributed by atoms with Gasteiger partial charge in [0.15, 0.2) is 0 Å². The van der Waals surface area contributed by atoms with Gasteiger partial charge in [-0.3, -0.25) is 0 Å². The van der Waals surface area contributed by atoms with Gasteiger partial charge < -0.3 is 10.8 Å². The fourth-order valence-corrected chi connectivity index (χ4v) is 1.64. The lowest BCUT2D eigenvalue weighted by Gasteiger charge is -2.10. The van der Waals surface area contributed by atoms with Gasteiger partial charge in [0.25, 0.3) is 0 Å². The molecular formula is C13H18N2O. The van der Waals surface area contributed by atoms with Crippen molar-refractivity contribution in [1.82, 2.24) is 4.98 Å². The number of pyridine rings is 1. The third-order valence-electron chi connectivity index (χ3n) is 2.29. The van der Waals surface area contributed by atoms with Crippen LogP contribution in [0.4, 0.5) is 5.82 Å². The first kappa shape index (κ1) is 12.5. The second-order valence-corrected chi connectivity index (χ2v) is 3.32. The highest BCUT2D eigenvalue weighted by atomic mass is 16.3. The predicted molar refractivity (Wildman–Crippen MR) is 68.1 cm³/mol. The SMILES string of the molecule is CC.CC(O)c1c(N)ncc2ccccc12. The predicted octanol–water partition coefficient (Wildman–Crippen LogP) is 2.90. The molecule has 3 heteroatoms. The smallest absolute Gasteiger partial charge is 0.129 e. The number of aliphatic hydroxyl groups excluding tert-OH is 1. The Labute approximate surface area is 95.9 Å². The van der Waals surface area contributed by atoms with Crippen molar-refractivity contribution in [3.63, 3.8) is 0 Å². The average molecular weight is 218 g/mol. The Morgan fingerprint density at radius 3 is 2.50 bits per heavy atom. The first-order chi connectivity index (χ1) is 7.70. The van der Waals surface area contributed by atoms with E-state index in [0.29, 0.717) is 11.4 Å². The Balaban J connectivity index is 0.000000606. The molecule has 0 fully saturated rings. The summed E-state index contributed by atoms with van der Waals surface area (Å²) in [7, 11) is 0. The minimum Gasteiger partial charge on any atom is -0.389 e. The van der Waals surface area contributed by atoms with E-state index in [1.807, 2.05) is 38.1 Å². The van der Waals surface area contributed by atoms with Crippen LogP contribution >= 0.6 is 0 Å². The highest BCUT2D eigenvalue weighted by molar-refractivity contribution is 5.88. The Hall–Kier alpha value is -1.61. The molecule has 1 unspecified atom stereocenters. The molecule has 0 radical (unpaired) electrons. The van der Waals surface area contributed by atoms with Gasteiger partial charge in [-0.25, -0.2) is 4.98 Å². The van der Waals surface area contributed by atoms with Crippen LogP contribution in [0.2, 0.25) is 0 Å². The quantitative estimate of drug-likeness (QED) is 0.773. The molecule has 16 heavy (non-hydrogen) atoms. The number of anilines is 1. The van der Waals surface area contributed by atoms with Crippen LogP contribution in [0.25, 0.3) is 10.8 Å². The maximum absolute atomic E-state index is 9.58. The fraction of sp³-hybridized carbons (Fsp3) is 0.308. The lowest BCUT2D eigenvalue weighted by molar-refractivity contribution is 0.201. The van der Waals surface area contributed by atoms with Crippen LogP contribution in [0.5, 0.6) is 0 Å². The zero-order valence-electron chi connectivity index (χ0n) is 9.94. The summed E-state index contributed by atoms with van der Waals surface area (Å²) in [6.45, 7) is 5.69. The summed E-state index contributed by atoms with van der Waals surface area (Å²) >= 11 is 0. The van der Waals surface area contributed by atoms with Crippen molar-refractivity contribution in [3.8, 4) is 0 Å². The summed E-state index contributed by atoms with van der Waals surface area (Å²) in [4.78, 5) is 4.05. The van der Waals surface area contributed by atoms with Gasteiger partial charge in [0, 0.05) is 17.1 Å². The molecule has 1 aromatic carbocycles. The van der Waals surface area contributed by atoms with Gasteiger partial charge in [0.05, 0.1) is 6.10 Å². The normalized spacial score (nSPS) is 11.8. The molecular weight excluding hydrogens is 200 g/mol. The monoisotopic (exact) mass is 218 g/mol. The van der Waals surface area contributed by atoms with Crippen molar-refractivity contribution in [3.05, 3.63) is 36.0 Å². The molecule has 0 spiro atoms. The van der Waals surface area contributed by atoms with Gasteiger partial charge in [0.2, 0.25) is 0 Å². The molecule has 0 saturated carbocycles. The zero-order valence-corrected chi connectivity index (χ0v) is 9.94. The molecule has 0 aliphatic rings. The van der Waals surface area contributed by atoms with Crippen LogP contribution in [0.15, 0.2) is 30.5 Å². The number of fused-ring (bicyclic) bond motifs is 1. The topological polar surface area (TPSA) is 59.1 Å². The molecule has 1 heterocycles. The van der Waals surface area contributed by atoms with E-state index in [4.69, 9.17) is 5.73 Å².